The van der Waals surface area contributed by atoms with E-state index in [1.807, 2.05) is 17.0 Å². The molecule has 1 spiro atoms. The summed E-state index contributed by atoms with van der Waals surface area (Å²) in [5.74, 6) is 0.106. The molecule has 2 saturated heterocycles. The first-order valence-electron chi connectivity index (χ1n) is 8.17. The predicted molar refractivity (Wildman–Crippen MR) is 89.2 cm³/mol. The first kappa shape index (κ1) is 16.7. The number of halogens is 1. The van der Waals surface area contributed by atoms with Crippen molar-refractivity contribution in [2.45, 2.75) is 32.9 Å². The Bertz CT molecular complexity index is 563. The molecule has 0 radical (unpaired) electrons. The molecule has 2 aliphatic heterocycles. The molecular formula is C17H24ClN3O2. The Balaban J connectivity index is 1.67. The second-order valence-corrected chi connectivity index (χ2v) is 7.47. The van der Waals surface area contributed by atoms with Crippen LogP contribution in [-0.4, -0.2) is 59.6 Å². The summed E-state index contributed by atoms with van der Waals surface area (Å²) in [4.78, 5) is 20.9. The fourth-order valence-electron chi connectivity index (χ4n) is 3.54. The summed E-state index contributed by atoms with van der Waals surface area (Å²) in [6.45, 7) is 8.55. The van der Waals surface area contributed by atoms with Gasteiger partial charge in [0, 0.05) is 37.3 Å². The van der Waals surface area contributed by atoms with E-state index in [2.05, 4.69) is 23.7 Å². The Kier molecular flexibility index (Phi) is 4.90. The molecule has 2 aliphatic rings. The molecule has 1 aromatic rings. The number of pyridine rings is 1. The topological polar surface area (TPSA) is 45.7 Å². The molecule has 0 bridgehead atoms. The van der Waals surface area contributed by atoms with Crippen LogP contribution in [0.1, 0.15) is 26.0 Å². The average molecular weight is 338 g/mol. The highest BCUT2D eigenvalue weighted by Gasteiger charge is 2.43. The lowest BCUT2D eigenvalue weighted by Gasteiger charge is -2.34. The number of rotatable bonds is 3. The fourth-order valence-corrected chi connectivity index (χ4v) is 3.65. The number of ether oxygens (including phenoxy) is 1. The molecule has 3 rings (SSSR count). The van der Waals surface area contributed by atoms with E-state index in [1.165, 1.54) is 0 Å². The molecule has 1 amide bonds. The Labute approximate surface area is 142 Å². The van der Waals surface area contributed by atoms with Crippen molar-refractivity contribution in [2.75, 3.05) is 32.8 Å². The Morgan fingerprint density at radius 1 is 1.39 bits per heavy atom. The van der Waals surface area contributed by atoms with Crippen LogP contribution in [0.3, 0.4) is 0 Å². The smallest absolute Gasteiger partial charge is 0.248 e. The van der Waals surface area contributed by atoms with Crippen LogP contribution in [0.15, 0.2) is 18.3 Å². The lowest BCUT2D eigenvalue weighted by atomic mass is 9.87. The zero-order valence-corrected chi connectivity index (χ0v) is 14.6. The van der Waals surface area contributed by atoms with Crippen LogP contribution >= 0.6 is 11.6 Å². The maximum atomic E-state index is 12.2. The molecule has 5 nitrogen and oxygen atoms in total. The van der Waals surface area contributed by atoms with Gasteiger partial charge in [0.05, 0.1) is 17.3 Å². The molecule has 3 heterocycles. The summed E-state index contributed by atoms with van der Waals surface area (Å²) >= 11 is 5.89. The molecule has 6 heteroatoms. The van der Waals surface area contributed by atoms with Crippen LogP contribution in [0.2, 0.25) is 5.02 Å². The second-order valence-electron chi connectivity index (χ2n) is 7.04. The van der Waals surface area contributed by atoms with E-state index in [-0.39, 0.29) is 24.0 Å². The molecule has 126 valence electrons. The van der Waals surface area contributed by atoms with Crippen molar-refractivity contribution in [3.05, 3.63) is 29.0 Å². The van der Waals surface area contributed by atoms with Crippen molar-refractivity contribution < 1.29 is 9.53 Å². The zero-order valence-electron chi connectivity index (χ0n) is 13.8. The lowest BCUT2D eigenvalue weighted by Crippen LogP contribution is -2.45. The predicted octanol–water partition coefficient (Wildman–Crippen LogP) is 2.19. The van der Waals surface area contributed by atoms with Crippen LogP contribution in [0, 0.1) is 5.41 Å². The molecule has 2 fully saturated rings. The van der Waals surface area contributed by atoms with Crippen LogP contribution in [0.25, 0.3) is 0 Å². The van der Waals surface area contributed by atoms with Crippen LogP contribution in [-0.2, 0) is 16.1 Å². The number of amides is 1. The van der Waals surface area contributed by atoms with Gasteiger partial charge in [0.15, 0.2) is 0 Å². The Morgan fingerprint density at radius 2 is 2.22 bits per heavy atom. The van der Waals surface area contributed by atoms with Crippen molar-refractivity contribution >= 4 is 17.5 Å². The van der Waals surface area contributed by atoms with E-state index in [0.717, 1.165) is 38.3 Å². The molecule has 0 N–H and O–H groups in total. The summed E-state index contributed by atoms with van der Waals surface area (Å²) in [6, 6.07) is 4.07. The third-order valence-corrected chi connectivity index (χ3v) is 5.00. The Hall–Kier alpha value is -1.17. The SMILES string of the molecule is CC(C)N1CC2(CCN(Cc3ccc(Cl)cn3)C2)COCC1=O. The van der Waals surface area contributed by atoms with E-state index in [1.54, 1.807) is 6.20 Å². The van der Waals surface area contributed by atoms with Gasteiger partial charge in [0.25, 0.3) is 0 Å². The standard InChI is InChI=1S/C17H24ClN3O2/c1-13(2)21-11-17(12-23-9-16(21)22)5-6-20(10-17)8-15-4-3-14(18)7-19-15/h3-4,7,13H,5-6,8-12H2,1-2H3. The van der Waals surface area contributed by atoms with Crippen molar-refractivity contribution in [3.8, 4) is 0 Å². The molecule has 0 aromatic carbocycles. The zero-order chi connectivity index (χ0) is 16.4. The highest BCUT2D eigenvalue weighted by molar-refractivity contribution is 6.30. The number of hydrogen-bond acceptors (Lipinski definition) is 4. The summed E-state index contributed by atoms with van der Waals surface area (Å²) in [6.07, 6.45) is 2.74. The summed E-state index contributed by atoms with van der Waals surface area (Å²) in [5, 5.41) is 0.662. The monoisotopic (exact) mass is 337 g/mol. The van der Waals surface area contributed by atoms with Gasteiger partial charge in [-0.1, -0.05) is 11.6 Å². The van der Waals surface area contributed by atoms with Crippen molar-refractivity contribution in [3.63, 3.8) is 0 Å². The molecule has 23 heavy (non-hydrogen) atoms. The van der Waals surface area contributed by atoms with Gasteiger partial charge in [-0.15, -0.1) is 0 Å². The normalized spacial score (nSPS) is 26.3. The number of hydrogen-bond donors (Lipinski definition) is 0. The molecule has 1 atom stereocenters. The molecular weight excluding hydrogens is 314 g/mol. The number of likely N-dealkylation sites (tertiary alicyclic amines) is 1. The van der Waals surface area contributed by atoms with Gasteiger partial charge in [-0.2, -0.15) is 0 Å². The number of carbonyl (C=O) groups is 1. The third-order valence-electron chi connectivity index (χ3n) is 4.77. The largest absolute Gasteiger partial charge is 0.371 e. The summed E-state index contributed by atoms with van der Waals surface area (Å²) < 4.78 is 5.69. The molecule has 0 saturated carbocycles. The summed E-state index contributed by atoms with van der Waals surface area (Å²) in [5.41, 5.74) is 1.07. The minimum atomic E-state index is 0.0445. The quantitative estimate of drug-likeness (QED) is 0.848. The van der Waals surface area contributed by atoms with E-state index in [9.17, 15) is 4.79 Å². The second kappa shape index (κ2) is 6.75. The van der Waals surface area contributed by atoms with Crippen LogP contribution in [0.4, 0.5) is 0 Å². The van der Waals surface area contributed by atoms with Gasteiger partial charge in [0.2, 0.25) is 5.91 Å². The highest BCUT2D eigenvalue weighted by atomic mass is 35.5. The number of aromatic nitrogens is 1. The highest BCUT2D eigenvalue weighted by Crippen LogP contribution is 2.34. The van der Waals surface area contributed by atoms with Crippen LogP contribution < -0.4 is 0 Å². The van der Waals surface area contributed by atoms with E-state index in [0.29, 0.717) is 11.6 Å². The van der Waals surface area contributed by atoms with Crippen LogP contribution in [0.5, 0.6) is 0 Å². The lowest BCUT2D eigenvalue weighted by molar-refractivity contribution is -0.135. The van der Waals surface area contributed by atoms with E-state index >= 15 is 0 Å². The average Bonchev–Trinajstić information content (AvgIpc) is 2.81. The van der Waals surface area contributed by atoms with Gasteiger partial charge in [-0.05, 0) is 38.9 Å². The van der Waals surface area contributed by atoms with E-state index in [4.69, 9.17) is 16.3 Å². The van der Waals surface area contributed by atoms with Gasteiger partial charge < -0.3 is 9.64 Å². The minimum Gasteiger partial charge on any atom is -0.371 e. The molecule has 1 aromatic heterocycles. The van der Waals surface area contributed by atoms with Crippen molar-refractivity contribution in [1.82, 2.24) is 14.8 Å². The Morgan fingerprint density at radius 3 is 2.91 bits per heavy atom. The molecule has 0 aliphatic carbocycles. The first-order chi connectivity index (χ1) is 11.0. The minimum absolute atomic E-state index is 0.0445. The van der Waals surface area contributed by atoms with Gasteiger partial charge in [-0.3, -0.25) is 14.7 Å². The van der Waals surface area contributed by atoms with Crippen molar-refractivity contribution in [2.24, 2.45) is 5.41 Å². The summed E-state index contributed by atoms with van der Waals surface area (Å²) in [7, 11) is 0. The molecule has 1 unspecified atom stereocenters. The number of carbonyl (C=O) groups excluding carboxylic acids is 1. The first-order valence-corrected chi connectivity index (χ1v) is 8.55. The maximum absolute atomic E-state index is 12.2. The number of nitrogens with zero attached hydrogens (tertiary/aromatic N) is 3. The maximum Gasteiger partial charge on any atom is 0.248 e. The van der Waals surface area contributed by atoms with Crippen molar-refractivity contribution in [1.29, 1.82) is 0 Å². The van der Waals surface area contributed by atoms with Gasteiger partial charge in [-0.25, -0.2) is 0 Å². The van der Waals surface area contributed by atoms with Gasteiger partial charge >= 0.3 is 0 Å². The van der Waals surface area contributed by atoms with Gasteiger partial charge in [0.1, 0.15) is 6.61 Å². The fraction of sp³-hybridized carbons (Fsp3) is 0.647. The van der Waals surface area contributed by atoms with E-state index < -0.39 is 0 Å². The third kappa shape index (κ3) is 3.84.